The highest BCUT2D eigenvalue weighted by Crippen LogP contribution is 2.36. The van der Waals surface area contributed by atoms with Gasteiger partial charge < -0.3 is 19.0 Å². The van der Waals surface area contributed by atoms with Crippen molar-refractivity contribution >= 4 is 17.3 Å². The van der Waals surface area contributed by atoms with Crippen molar-refractivity contribution in [3.8, 4) is 5.75 Å². The van der Waals surface area contributed by atoms with Gasteiger partial charge in [0.25, 0.3) is 0 Å². The van der Waals surface area contributed by atoms with Crippen LogP contribution in [0.2, 0.25) is 0 Å². The third-order valence-electron chi connectivity index (χ3n) is 4.23. The van der Waals surface area contributed by atoms with Crippen LogP contribution in [0.15, 0.2) is 33.9 Å². The smallest absolute Gasteiger partial charge is 0.232 e. The highest BCUT2D eigenvalue weighted by molar-refractivity contribution is 5.98. The van der Waals surface area contributed by atoms with Gasteiger partial charge in [-0.2, -0.15) is 4.98 Å². The Kier molecular flexibility index (Phi) is 4.09. The van der Waals surface area contributed by atoms with E-state index in [1.807, 2.05) is 31.2 Å². The van der Waals surface area contributed by atoms with E-state index in [1.54, 1.807) is 4.90 Å². The van der Waals surface area contributed by atoms with Gasteiger partial charge >= 0.3 is 0 Å². The zero-order valence-corrected chi connectivity index (χ0v) is 13.8. The summed E-state index contributed by atoms with van der Waals surface area (Å²) in [6.45, 7) is 3.47. The van der Waals surface area contributed by atoms with Crippen molar-refractivity contribution in [3.63, 3.8) is 0 Å². The van der Waals surface area contributed by atoms with E-state index in [4.69, 9.17) is 14.1 Å². The summed E-state index contributed by atoms with van der Waals surface area (Å²) in [6, 6.07) is 7.53. The van der Waals surface area contributed by atoms with E-state index in [-0.39, 0.29) is 11.8 Å². The number of rotatable bonds is 5. The minimum absolute atomic E-state index is 0.0124. The number of para-hydroxylation sites is 2. The predicted octanol–water partition coefficient (Wildman–Crippen LogP) is 2.11. The van der Waals surface area contributed by atoms with Crippen molar-refractivity contribution < 1.29 is 18.9 Å². The molecule has 0 spiro atoms. The first-order chi connectivity index (χ1) is 12.3. The monoisotopic (exact) mass is 342 g/mol. The SMILES string of the molecule is CCOc1ccccc1N1C[C@@H](c2nc(C3=NOCC3)no2)CC1=O. The molecular weight excluding hydrogens is 324 g/mol. The Bertz CT molecular complexity index is 816. The summed E-state index contributed by atoms with van der Waals surface area (Å²) in [7, 11) is 0. The van der Waals surface area contributed by atoms with Gasteiger partial charge in [-0.05, 0) is 19.1 Å². The number of aromatic nitrogens is 2. The molecule has 2 aliphatic heterocycles. The maximum atomic E-state index is 12.5. The third-order valence-corrected chi connectivity index (χ3v) is 4.23. The molecule has 1 amide bonds. The number of carbonyl (C=O) groups excluding carboxylic acids is 1. The van der Waals surface area contributed by atoms with Crippen molar-refractivity contribution in [2.24, 2.45) is 5.16 Å². The molecule has 4 rings (SSSR count). The topological polar surface area (TPSA) is 90.1 Å². The second-order valence-corrected chi connectivity index (χ2v) is 5.88. The summed E-state index contributed by atoms with van der Waals surface area (Å²) in [5.41, 5.74) is 1.45. The van der Waals surface area contributed by atoms with Crippen LogP contribution in [-0.2, 0) is 9.63 Å². The molecule has 0 aliphatic carbocycles. The predicted molar refractivity (Wildman–Crippen MR) is 88.7 cm³/mol. The highest BCUT2D eigenvalue weighted by atomic mass is 16.6. The summed E-state index contributed by atoms with van der Waals surface area (Å²) < 4.78 is 11.0. The Labute approximate surface area is 144 Å². The number of anilines is 1. The molecule has 1 fully saturated rings. The molecule has 0 saturated carbocycles. The van der Waals surface area contributed by atoms with E-state index in [9.17, 15) is 4.79 Å². The maximum Gasteiger partial charge on any atom is 0.232 e. The Morgan fingerprint density at radius 1 is 1.36 bits per heavy atom. The average Bonchev–Trinajstić information content (AvgIpc) is 3.36. The molecule has 0 N–H and O–H groups in total. The first-order valence-electron chi connectivity index (χ1n) is 8.31. The van der Waals surface area contributed by atoms with Crippen molar-refractivity contribution in [2.45, 2.75) is 25.7 Å². The summed E-state index contributed by atoms with van der Waals surface area (Å²) >= 11 is 0. The minimum atomic E-state index is -0.147. The molecule has 8 heteroatoms. The van der Waals surface area contributed by atoms with E-state index < -0.39 is 0 Å². The largest absolute Gasteiger partial charge is 0.492 e. The molecule has 0 bridgehead atoms. The van der Waals surface area contributed by atoms with Crippen LogP contribution >= 0.6 is 0 Å². The molecule has 8 nitrogen and oxygen atoms in total. The molecule has 1 atom stereocenters. The Morgan fingerprint density at radius 3 is 3.04 bits per heavy atom. The average molecular weight is 342 g/mol. The molecule has 2 aromatic rings. The standard InChI is InChI=1S/C17H18N4O4/c1-2-23-14-6-4-3-5-13(14)21-10-11(9-15(21)22)17-18-16(20-25-17)12-7-8-24-19-12/h3-6,11H,2,7-10H2,1H3/t11-/m0/s1. The lowest BCUT2D eigenvalue weighted by molar-refractivity contribution is -0.117. The van der Waals surface area contributed by atoms with Crippen LogP contribution in [0.1, 0.15) is 37.4 Å². The summed E-state index contributed by atoms with van der Waals surface area (Å²) in [5.74, 6) is 1.45. The molecule has 130 valence electrons. The van der Waals surface area contributed by atoms with Crippen LogP contribution in [-0.4, -0.2) is 41.5 Å². The molecule has 1 aromatic carbocycles. The van der Waals surface area contributed by atoms with Gasteiger partial charge in [0.15, 0.2) is 0 Å². The van der Waals surface area contributed by atoms with Gasteiger partial charge in [0.2, 0.25) is 17.6 Å². The number of carbonyl (C=O) groups is 1. The number of hydrogen-bond acceptors (Lipinski definition) is 7. The van der Waals surface area contributed by atoms with Gasteiger partial charge in [-0.15, -0.1) is 0 Å². The Morgan fingerprint density at radius 2 is 2.24 bits per heavy atom. The second kappa shape index (κ2) is 6.54. The van der Waals surface area contributed by atoms with E-state index >= 15 is 0 Å². The Balaban J connectivity index is 1.55. The van der Waals surface area contributed by atoms with E-state index in [0.717, 1.165) is 5.69 Å². The maximum absolute atomic E-state index is 12.5. The van der Waals surface area contributed by atoms with Crippen molar-refractivity contribution in [1.82, 2.24) is 10.1 Å². The summed E-state index contributed by atoms with van der Waals surface area (Å²) in [6.07, 6.45) is 0.988. The number of nitrogens with zero attached hydrogens (tertiary/aromatic N) is 4. The van der Waals surface area contributed by atoms with Crippen molar-refractivity contribution in [3.05, 3.63) is 36.0 Å². The van der Waals surface area contributed by atoms with E-state index in [0.29, 0.717) is 55.8 Å². The molecule has 3 heterocycles. The second-order valence-electron chi connectivity index (χ2n) is 5.88. The minimum Gasteiger partial charge on any atom is -0.492 e. The van der Waals surface area contributed by atoms with Crippen LogP contribution in [0, 0.1) is 0 Å². The van der Waals surface area contributed by atoms with Crippen molar-refractivity contribution in [1.29, 1.82) is 0 Å². The number of oxime groups is 1. The fraction of sp³-hybridized carbons (Fsp3) is 0.412. The lowest BCUT2D eigenvalue weighted by atomic mass is 10.1. The van der Waals surface area contributed by atoms with Crippen LogP contribution < -0.4 is 9.64 Å². The van der Waals surface area contributed by atoms with Gasteiger partial charge in [0, 0.05) is 19.4 Å². The fourth-order valence-corrected chi connectivity index (χ4v) is 3.05. The molecular formula is C17H18N4O4. The Hall–Kier alpha value is -2.90. The quantitative estimate of drug-likeness (QED) is 0.827. The van der Waals surface area contributed by atoms with Crippen LogP contribution in [0.3, 0.4) is 0 Å². The highest BCUT2D eigenvalue weighted by Gasteiger charge is 2.36. The molecule has 1 aromatic heterocycles. The van der Waals surface area contributed by atoms with E-state index in [2.05, 4.69) is 15.3 Å². The molecule has 25 heavy (non-hydrogen) atoms. The number of ether oxygens (including phenoxy) is 1. The molecule has 1 saturated heterocycles. The van der Waals surface area contributed by atoms with Gasteiger partial charge in [-0.25, -0.2) is 0 Å². The van der Waals surface area contributed by atoms with E-state index in [1.165, 1.54) is 0 Å². The zero-order valence-electron chi connectivity index (χ0n) is 13.8. The summed E-state index contributed by atoms with van der Waals surface area (Å²) in [5, 5.41) is 7.85. The molecule has 2 aliphatic rings. The number of benzene rings is 1. The van der Waals surface area contributed by atoms with Crippen LogP contribution in [0.5, 0.6) is 5.75 Å². The number of amides is 1. The normalized spacial score (nSPS) is 19.9. The summed E-state index contributed by atoms with van der Waals surface area (Å²) in [4.78, 5) is 23.6. The van der Waals surface area contributed by atoms with Gasteiger partial charge in [0.05, 0.1) is 18.2 Å². The molecule has 0 radical (unpaired) electrons. The van der Waals surface area contributed by atoms with Crippen LogP contribution in [0.4, 0.5) is 5.69 Å². The molecule has 0 unspecified atom stereocenters. The number of hydrogen-bond donors (Lipinski definition) is 0. The van der Waals surface area contributed by atoms with Crippen molar-refractivity contribution in [2.75, 3.05) is 24.7 Å². The zero-order chi connectivity index (χ0) is 17.2. The van der Waals surface area contributed by atoms with Gasteiger partial charge in [-0.1, -0.05) is 22.4 Å². The first-order valence-corrected chi connectivity index (χ1v) is 8.31. The van der Waals surface area contributed by atoms with Crippen LogP contribution in [0.25, 0.3) is 0 Å². The lowest BCUT2D eigenvalue weighted by Gasteiger charge is -2.19. The van der Waals surface area contributed by atoms with Gasteiger partial charge in [0.1, 0.15) is 18.1 Å². The van der Waals surface area contributed by atoms with Gasteiger partial charge in [-0.3, -0.25) is 4.79 Å². The fourth-order valence-electron chi connectivity index (χ4n) is 3.05. The first kappa shape index (κ1) is 15.6. The lowest BCUT2D eigenvalue weighted by Crippen LogP contribution is -2.25. The third kappa shape index (κ3) is 2.95.